The number of benzene rings is 1. The molecule has 9 heteroatoms. The maximum atomic E-state index is 11.7. The maximum absolute atomic E-state index is 11.7. The van der Waals surface area contributed by atoms with Crippen LogP contribution in [0.15, 0.2) is 30.5 Å². The quantitative estimate of drug-likeness (QED) is 0.381. The molecule has 0 saturated heterocycles. The molecule has 1 aromatic heterocycles. The molecule has 1 heterocycles. The van der Waals surface area contributed by atoms with Crippen LogP contribution in [-0.2, 0) is 20.8 Å². The van der Waals surface area contributed by atoms with Gasteiger partial charge in [0.25, 0.3) is 5.91 Å². The third-order valence-electron chi connectivity index (χ3n) is 3.53. The Labute approximate surface area is 135 Å². The second kappa shape index (κ2) is 7.11. The summed E-state index contributed by atoms with van der Waals surface area (Å²) in [5.41, 5.74) is 1.43. The highest BCUT2D eigenvalue weighted by Crippen LogP contribution is 2.19. The number of aliphatic hydroxyl groups is 2. The second-order valence-corrected chi connectivity index (χ2v) is 5.19. The fourth-order valence-corrected chi connectivity index (χ4v) is 2.26. The third kappa shape index (κ3) is 3.70. The molecule has 2 rings (SSSR count). The number of amides is 1. The number of para-hydroxylation sites is 1. The van der Waals surface area contributed by atoms with Crippen molar-refractivity contribution in [2.45, 2.75) is 24.7 Å². The topological polar surface area (TPSA) is 160 Å². The first-order valence-corrected chi connectivity index (χ1v) is 6.98. The van der Waals surface area contributed by atoms with E-state index in [4.69, 9.17) is 10.2 Å². The van der Waals surface area contributed by atoms with E-state index in [1.165, 1.54) is 0 Å². The highest BCUT2D eigenvalue weighted by atomic mass is 16.4. The van der Waals surface area contributed by atoms with Gasteiger partial charge in [-0.15, -0.1) is 0 Å². The largest absolute Gasteiger partial charge is 0.480 e. The van der Waals surface area contributed by atoms with Gasteiger partial charge in [0.1, 0.15) is 6.04 Å². The normalized spacial score (nSPS) is 14.8. The van der Waals surface area contributed by atoms with E-state index < -0.39 is 36.1 Å². The zero-order chi connectivity index (χ0) is 17.9. The minimum Gasteiger partial charge on any atom is -0.480 e. The minimum atomic E-state index is -2.34. The summed E-state index contributed by atoms with van der Waals surface area (Å²) in [6, 6.07) is 5.78. The lowest BCUT2D eigenvalue weighted by Crippen LogP contribution is -2.51. The van der Waals surface area contributed by atoms with Gasteiger partial charge in [-0.25, -0.2) is 9.59 Å². The number of fused-ring (bicyclic) bond motifs is 1. The Bertz CT molecular complexity index is 770. The number of aliphatic carboxylic acids is 2. The molecule has 0 unspecified atom stereocenters. The van der Waals surface area contributed by atoms with E-state index >= 15 is 0 Å². The number of hydrogen-bond donors (Lipinski definition) is 6. The van der Waals surface area contributed by atoms with Crippen molar-refractivity contribution < 1.29 is 34.8 Å². The molecule has 0 saturated carbocycles. The monoisotopic (exact) mass is 336 g/mol. The van der Waals surface area contributed by atoms with Crippen LogP contribution in [0.1, 0.15) is 5.56 Å². The van der Waals surface area contributed by atoms with Gasteiger partial charge in [-0.2, -0.15) is 0 Å². The van der Waals surface area contributed by atoms with Crippen LogP contribution in [0, 0.1) is 0 Å². The number of carbonyl (C=O) groups is 3. The summed E-state index contributed by atoms with van der Waals surface area (Å²) < 4.78 is 0. The van der Waals surface area contributed by atoms with Crippen molar-refractivity contribution in [3.63, 3.8) is 0 Å². The van der Waals surface area contributed by atoms with E-state index in [0.717, 1.165) is 10.9 Å². The van der Waals surface area contributed by atoms with Gasteiger partial charge < -0.3 is 30.7 Å². The molecule has 6 N–H and O–H groups in total. The number of nitrogens with one attached hydrogen (secondary N) is 2. The number of aromatic nitrogens is 1. The molecular weight excluding hydrogens is 320 g/mol. The van der Waals surface area contributed by atoms with Gasteiger partial charge in [-0.1, -0.05) is 18.2 Å². The first kappa shape index (κ1) is 17.4. The first-order valence-electron chi connectivity index (χ1n) is 6.98. The summed E-state index contributed by atoms with van der Waals surface area (Å²) in [5.74, 6) is -4.43. The van der Waals surface area contributed by atoms with Crippen molar-refractivity contribution in [3.8, 4) is 0 Å². The molecule has 0 aliphatic carbocycles. The average Bonchev–Trinajstić information content (AvgIpc) is 2.95. The van der Waals surface area contributed by atoms with Gasteiger partial charge in [0, 0.05) is 23.5 Å². The summed E-state index contributed by atoms with van der Waals surface area (Å²) in [4.78, 5) is 36.6. The summed E-state index contributed by atoms with van der Waals surface area (Å²) >= 11 is 0. The van der Waals surface area contributed by atoms with Crippen LogP contribution in [0.4, 0.5) is 0 Å². The van der Waals surface area contributed by atoms with Crippen LogP contribution >= 0.6 is 0 Å². The SMILES string of the molecule is O=C(O)[C@H](Cc1c[nH]c2ccccc12)NC(=O)[C@H](O)[C@H](O)C(=O)O. The highest BCUT2D eigenvalue weighted by molar-refractivity contribution is 5.91. The van der Waals surface area contributed by atoms with Crippen LogP contribution in [0.25, 0.3) is 10.9 Å². The fourth-order valence-electron chi connectivity index (χ4n) is 2.26. The zero-order valence-corrected chi connectivity index (χ0v) is 12.3. The Morgan fingerprint density at radius 2 is 1.71 bits per heavy atom. The van der Waals surface area contributed by atoms with Crippen molar-refractivity contribution in [2.75, 3.05) is 0 Å². The number of H-pyrrole nitrogens is 1. The first-order chi connectivity index (χ1) is 11.3. The van der Waals surface area contributed by atoms with Gasteiger partial charge in [-0.3, -0.25) is 4.79 Å². The number of aliphatic hydroxyl groups excluding tert-OH is 2. The maximum Gasteiger partial charge on any atom is 0.335 e. The summed E-state index contributed by atoms with van der Waals surface area (Å²) in [6.45, 7) is 0. The Balaban J connectivity index is 2.14. The predicted molar refractivity (Wildman–Crippen MR) is 81.2 cm³/mol. The molecule has 0 fully saturated rings. The van der Waals surface area contributed by atoms with Crippen LogP contribution in [0.2, 0.25) is 0 Å². The highest BCUT2D eigenvalue weighted by Gasteiger charge is 2.32. The molecule has 24 heavy (non-hydrogen) atoms. The average molecular weight is 336 g/mol. The molecule has 0 spiro atoms. The Kier molecular flexibility index (Phi) is 5.17. The molecule has 1 amide bonds. The van der Waals surface area contributed by atoms with Gasteiger partial charge in [0.15, 0.2) is 12.2 Å². The predicted octanol–water partition coefficient (Wildman–Crippen LogP) is -0.914. The minimum absolute atomic E-state index is 0.0824. The molecule has 2 aromatic rings. The van der Waals surface area contributed by atoms with Gasteiger partial charge in [-0.05, 0) is 11.6 Å². The molecular formula is C15H16N2O7. The van der Waals surface area contributed by atoms with Crippen molar-refractivity contribution in [1.29, 1.82) is 0 Å². The van der Waals surface area contributed by atoms with Gasteiger partial charge >= 0.3 is 11.9 Å². The number of aromatic amines is 1. The molecule has 0 aliphatic rings. The molecule has 128 valence electrons. The van der Waals surface area contributed by atoms with Crippen LogP contribution in [-0.4, -0.2) is 61.5 Å². The number of carbonyl (C=O) groups excluding carboxylic acids is 1. The summed E-state index contributed by atoms with van der Waals surface area (Å²) in [7, 11) is 0. The summed E-state index contributed by atoms with van der Waals surface area (Å²) in [5, 5.41) is 39.2. The van der Waals surface area contributed by atoms with Crippen molar-refractivity contribution >= 4 is 28.7 Å². The van der Waals surface area contributed by atoms with Gasteiger partial charge in [0.05, 0.1) is 0 Å². The van der Waals surface area contributed by atoms with Gasteiger partial charge in [0.2, 0.25) is 0 Å². The third-order valence-corrected chi connectivity index (χ3v) is 3.53. The van der Waals surface area contributed by atoms with Crippen molar-refractivity contribution in [2.24, 2.45) is 0 Å². The molecule has 0 aliphatic heterocycles. The molecule has 0 bridgehead atoms. The zero-order valence-electron chi connectivity index (χ0n) is 12.3. The number of carboxylic acid groups (broad SMARTS) is 2. The molecule has 0 radical (unpaired) electrons. The second-order valence-electron chi connectivity index (χ2n) is 5.19. The number of carboxylic acids is 2. The standard InChI is InChI=1S/C15H16N2O7/c18-11(12(19)15(23)24)13(20)17-10(14(21)22)5-7-6-16-9-4-2-1-3-8(7)9/h1-4,6,10-12,16,18-19H,5H2,(H,17,20)(H,21,22)(H,23,24)/t10-,11+,12-/m0/s1. The Hall–Kier alpha value is -2.91. The number of rotatable bonds is 7. The van der Waals surface area contributed by atoms with E-state index in [1.807, 2.05) is 11.4 Å². The lowest BCUT2D eigenvalue weighted by atomic mass is 10.0. The fraction of sp³-hybridized carbons (Fsp3) is 0.267. The van der Waals surface area contributed by atoms with Crippen LogP contribution in [0.3, 0.4) is 0 Å². The molecule has 3 atom stereocenters. The molecule has 1 aromatic carbocycles. The number of hydrogen-bond acceptors (Lipinski definition) is 5. The van der Waals surface area contributed by atoms with E-state index in [2.05, 4.69) is 4.98 Å². The van der Waals surface area contributed by atoms with Crippen molar-refractivity contribution in [1.82, 2.24) is 10.3 Å². The Morgan fingerprint density at radius 1 is 1.04 bits per heavy atom. The van der Waals surface area contributed by atoms with E-state index in [1.54, 1.807) is 24.4 Å². The van der Waals surface area contributed by atoms with Crippen molar-refractivity contribution in [3.05, 3.63) is 36.0 Å². The van der Waals surface area contributed by atoms with Crippen LogP contribution < -0.4 is 5.32 Å². The molecule has 9 nitrogen and oxygen atoms in total. The lowest BCUT2D eigenvalue weighted by Gasteiger charge is -2.18. The van der Waals surface area contributed by atoms with E-state index in [0.29, 0.717) is 5.56 Å². The smallest absolute Gasteiger partial charge is 0.335 e. The van der Waals surface area contributed by atoms with E-state index in [9.17, 15) is 24.6 Å². The lowest BCUT2D eigenvalue weighted by molar-refractivity contribution is -0.158. The van der Waals surface area contributed by atoms with E-state index in [-0.39, 0.29) is 6.42 Å². The summed E-state index contributed by atoms with van der Waals surface area (Å²) in [6.07, 6.45) is -3.09. The van der Waals surface area contributed by atoms with Crippen LogP contribution in [0.5, 0.6) is 0 Å². The Morgan fingerprint density at radius 3 is 2.33 bits per heavy atom.